The van der Waals surface area contributed by atoms with Crippen LogP contribution in [0, 0.1) is 5.92 Å². The summed E-state index contributed by atoms with van der Waals surface area (Å²) in [5, 5.41) is 10.6. The van der Waals surface area contributed by atoms with E-state index in [1.807, 2.05) is 0 Å². The minimum Gasteiger partial charge on any atom is -0.462 e. The van der Waals surface area contributed by atoms with Crippen LogP contribution in [-0.2, 0) is 65.4 Å². The maximum atomic E-state index is 13.0. The highest BCUT2D eigenvalue weighted by Gasteiger charge is 2.30. The average molecular weight is 1340 g/mol. The average Bonchev–Trinajstić information content (AvgIpc) is 3.67. The summed E-state index contributed by atoms with van der Waals surface area (Å²) in [7, 11) is -9.90. The van der Waals surface area contributed by atoms with Crippen LogP contribution in [0.1, 0.15) is 375 Å². The third-order valence-electron chi connectivity index (χ3n) is 16.8. The van der Waals surface area contributed by atoms with Gasteiger partial charge in [0.1, 0.15) is 19.3 Å². The molecule has 17 nitrogen and oxygen atoms in total. The maximum Gasteiger partial charge on any atom is 0.472 e. The number of phosphoric acid groups is 2. The molecular formula is C72H140O17P2. The molecule has 0 radical (unpaired) electrons. The van der Waals surface area contributed by atoms with E-state index in [0.717, 1.165) is 95.8 Å². The number of aliphatic hydroxyl groups excluding tert-OH is 1. The van der Waals surface area contributed by atoms with Gasteiger partial charge in [-0.15, -0.1) is 0 Å². The lowest BCUT2D eigenvalue weighted by Crippen LogP contribution is -2.30. The molecule has 3 N–H and O–H groups in total. The summed E-state index contributed by atoms with van der Waals surface area (Å²) in [6.07, 6.45) is 52.5. The first kappa shape index (κ1) is 89.1. The number of esters is 4. The second-order valence-corrected chi connectivity index (χ2v) is 29.4. The van der Waals surface area contributed by atoms with Gasteiger partial charge in [0, 0.05) is 25.7 Å². The van der Waals surface area contributed by atoms with Gasteiger partial charge >= 0.3 is 39.5 Å². The smallest absolute Gasteiger partial charge is 0.462 e. The van der Waals surface area contributed by atoms with Gasteiger partial charge in [0.2, 0.25) is 0 Å². The Labute approximate surface area is 556 Å². The molecule has 91 heavy (non-hydrogen) atoms. The van der Waals surface area contributed by atoms with Crippen molar-refractivity contribution >= 4 is 39.5 Å². The molecule has 5 atom stereocenters. The number of ether oxygens (including phenoxy) is 4. The zero-order chi connectivity index (χ0) is 67.0. The molecular weight excluding hydrogens is 1200 g/mol. The van der Waals surface area contributed by atoms with E-state index in [-0.39, 0.29) is 25.7 Å². The van der Waals surface area contributed by atoms with E-state index >= 15 is 0 Å². The number of hydrogen-bond donors (Lipinski definition) is 3. The first-order valence-electron chi connectivity index (χ1n) is 37.6. The number of rotatable bonds is 72. The fourth-order valence-corrected chi connectivity index (χ4v) is 12.6. The van der Waals surface area contributed by atoms with Crippen LogP contribution in [0.3, 0.4) is 0 Å². The number of aliphatic hydroxyl groups is 1. The molecule has 0 aromatic heterocycles. The van der Waals surface area contributed by atoms with Crippen LogP contribution in [0.15, 0.2) is 0 Å². The Morgan fingerprint density at radius 2 is 0.505 bits per heavy atom. The lowest BCUT2D eigenvalue weighted by Gasteiger charge is -2.21. The predicted molar refractivity (Wildman–Crippen MR) is 368 cm³/mol. The quantitative estimate of drug-likeness (QED) is 0.0222. The predicted octanol–water partition coefficient (Wildman–Crippen LogP) is 20.9. The normalized spacial score (nSPS) is 14.0. The van der Waals surface area contributed by atoms with Gasteiger partial charge in [-0.1, -0.05) is 324 Å². The highest BCUT2D eigenvalue weighted by Crippen LogP contribution is 2.45. The van der Waals surface area contributed by atoms with Gasteiger partial charge in [-0.25, -0.2) is 9.13 Å². The van der Waals surface area contributed by atoms with E-state index in [1.54, 1.807) is 0 Å². The third kappa shape index (κ3) is 66.5. The molecule has 0 bridgehead atoms. The molecule has 19 heteroatoms. The summed E-state index contributed by atoms with van der Waals surface area (Å²) in [4.78, 5) is 72.6. The zero-order valence-electron chi connectivity index (χ0n) is 59.0. The monoisotopic (exact) mass is 1340 g/mol. The van der Waals surface area contributed by atoms with Gasteiger partial charge in [0.05, 0.1) is 26.4 Å². The van der Waals surface area contributed by atoms with Crippen LogP contribution in [0.2, 0.25) is 0 Å². The number of phosphoric ester groups is 2. The van der Waals surface area contributed by atoms with Gasteiger partial charge < -0.3 is 33.8 Å². The zero-order valence-corrected chi connectivity index (χ0v) is 60.8. The molecule has 0 saturated heterocycles. The van der Waals surface area contributed by atoms with Crippen molar-refractivity contribution in [2.75, 3.05) is 39.6 Å². The molecule has 0 aliphatic rings. The highest BCUT2D eigenvalue weighted by atomic mass is 31.2. The van der Waals surface area contributed by atoms with Crippen LogP contribution in [0.25, 0.3) is 0 Å². The molecule has 0 aromatic rings. The maximum absolute atomic E-state index is 13.0. The van der Waals surface area contributed by atoms with E-state index in [9.17, 15) is 43.2 Å². The Morgan fingerprint density at radius 3 is 0.747 bits per heavy atom. The summed E-state index contributed by atoms with van der Waals surface area (Å²) >= 11 is 0. The summed E-state index contributed by atoms with van der Waals surface area (Å²) in [6.45, 7) is 7.25. The Morgan fingerprint density at radius 1 is 0.297 bits per heavy atom. The van der Waals surface area contributed by atoms with E-state index in [4.69, 9.17) is 37.0 Å². The first-order chi connectivity index (χ1) is 44.0. The lowest BCUT2D eigenvalue weighted by atomic mass is 10.0. The van der Waals surface area contributed by atoms with E-state index in [1.165, 1.54) is 199 Å². The van der Waals surface area contributed by atoms with Crippen molar-refractivity contribution in [1.29, 1.82) is 0 Å². The van der Waals surface area contributed by atoms with Gasteiger partial charge in [-0.2, -0.15) is 0 Å². The van der Waals surface area contributed by atoms with Crippen LogP contribution < -0.4 is 0 Å². The van der Waals surface area contributed by atoms with Crippen molar-refractivity contribution in [3.63, 3.8) is 0 Å². The molecule has 0 heterocycles. The van der Waals surface area contributed by atoms with Crippen LogP contribution in [-0.4, -0.2) is 96.7 Å². The number of carbonyl (C=O) groups is 4. The third-order valence-corrected chi connectivity index (χ3v) is 18.7. The van der Waals surface area contributed by atoms with Gasteiger partial charge in [0.25, 0.3) is 0 Å². The van der Waals surface area contributed by atoms with E-state index < -0.39 is 97.5 Å². The summed E-state index contributed by atoms with van der Waals surface area (Å²) in [5.74, 6) is -1.38. The molecule has 0 amide bonds. The highest BCUT2D eigenvalue weighted by molar-refractivity contribution is 7.47. The molecule has 0 rings (SSSR count). The number of unbranched alkanes of at least 4 members (excludes halogenated alkanes) is 44. The Bertz CT molecular complexity index is 1750. The van der Waals surface area contributed by atoms with Crippen molar-refractivity contribution in [2.24, 2.45) is 5.92 Å². The van der Waals surface area contributed by atoms with Crippen molar-refractivity contribution in [3.05, 3.63) is 0 Å². The summed E-state index contributed by atoms with van der Waals surface area (Å²) in [5.41, 5.74) is 0. The fraction of sp³-hybridized carbons (Fsp3) is 0.944. The first-order valence-corrected chi connectivity index (χ1v) is 40.6. The minimum atomic E-state index is -4.95. The van der Waals surface area contributed by atoms with Gasteiger partial charge in [-0.3, -0.25) is 37.3 Å². The van der Waals surface area contributed by atoms with Crippen molar-refractivity contribution < 1.29 is 80.2 Å². The van der Waals surface area contributed by atoms with E-state index in [0.29, 0.717) is 25.7 Å². The molecule has 0 fully saturated rings. The van der Waals surface area contributed by atoms with Gasteiger partial charge in [-0.05, 0) is 31.6 Å². The SMILES string of the molecule is CCCCCCCCCCCCCCCCC(=O)OC[C@H](COP(=O)(O)OC[C@@H](O)COP(=O)(O)OC[C@@H](COC(=O)CCCCCCCCCCCCC)OC(=O)CCCCCCCCCCCC(C)C)OC(=O)CCCCCCCCCCCCCCCC. The van der Waals surface area contributed by atoms with E-state index in [2.05, 4.69) is 34.6 Å². The Balaban J connectivity index is 5.25. The van der Waals surface area contributed by atoms with Gasteiger partial charge in [0.15, 0.2) is 12.2 Å². The lowest BCUT2D eigenvalue weighted by molar-refractivity contribution is -0.161. The molecule has 2 unspecified atom stereocenters. The van der Waals surface area contributed by atoms with Crippen molar-refractivity contribution in [2.45, 2.75) is 393 Å². The fourth-order valence-electron chi connectivity index (χ4n) is 11.0. The van der Waals surface area contributed by atoms with Crippen LogP contribution >= 0.6 is 15.6 Å². The minimum absolute atomic E-state index is 0.106. The van der Waals surface area contributed by atoms with Crippen molar-refractivity contribution in [1.82, 2.24) is 0 Å². The topological polar surface area (TPSA) is 237 Å². The summed E-state index contributed by atoms with van der Waals surface area (Å²) < 4.78 is 68.4. The number of carbonyl (C=O) groups excluding carboxylic acids is 4. The standard InChI is InChI=1S/C72H140O17P2/c1-6-9-12-15-18-21-24-26-28-31-36-41-46-51-56-70(75)83-61-67(88-71(76)57-52-47-42-37-32-29-27-25-22-19-16-13-10-7-2)63-86-90(78,79)84-59-66(73)60-85-91(80,81)87-64-68(62-82-69(74)55-50-45-40-35-30-23-20-17-14-11-8-3)89-72(77)58-53-48-43-38-33-34-39-44-49-54-65(4)5/h65-68,73H,6-64H2,1-5H3,(H,78,79)(H,80,81)/t66-,67-,68-/m1/s1. The summed E-state index contributed by atoms with van der Waals surface area (Å²) in [6, 6.07) is 0. The number of hydrogen-bond acceptors (Lipinski definition) is 15. The van der Waals surface area contributed by atoms with Crippen LogP contribution in [0.4, 0.5) is 0 Å². The molecule has 0 aromatic carbocycles. The molecule has 540 valence electrons. The largest absolute Gasteiger partial charge is 0.472 e. The second kappa shape index (κ2) is 65.4. The van der Waals surface area contributed by atoms with Crippen molar-refractivity contribution in [3.8, 4) is 0 Å². The molecule has 0 spiro atoms. The molecule has 0 aliphatic carbocycles. The Kier molecular flexibility index (Phi) is 64.0. The molecule has 0 aliphatic heterocycles. The Hall–Kier alpha value is -1.94. The molecule has 0 saturated carbocycles. The van der Waals surface area contributed by atoms with Crippen LogP contribution in [0.5, 0.6) is 0 Å². The second-order valence-electron chi connectivity index (χ2n) is 26.5.